The molecular weight excluding hydrogens is 328 g/mol. The predicted molar refractivity (Wildman–Crippen MR) is 107 cm³/mol. The second-order valence-corrected chi connectivity index (χ2v) is 6.51. The molecule has 1 aliphatic heterocycles. The first kappa shape index (κ1) is 20.7. The van der Waals surface area contributed by atoms with E-state index in [-0.39, 0.29) is 0 Å². The lowest BCUT2D eigenvalue weighted by molar-refractivity contribution is 0.0170. The average Bonchev–Trinajstić information content (AvgIpc) is 2.67. The van der Waals surface area contributed by atoms with E-state index in [4.69, 9.17) is 9.47 Å². The smallest absolute Gasteiger partial charge is 0.191 e. The van der Waals surface area contributed by atoms with E-state index in [2.05, 4.69) is 51.7 Å². The number of rotatable bonds is 9. The quantitative estimate of drug-likeness (QED) is 0.400. The van der Waals surface area contributed by atoms with Crippen LogP contribution in [0.25, 0.3) is 0 Å². The van der Waals surface area contributed by atoms with Gasteiger partial charge in [-0.3, -0.25) is 9.89 Å². The first-order chi connectivity index (χ1) is 12.7. The number of ether oxygens (including phenoxy) is 2. The van der Waals surface area contributed by atoms with E-state index in [1.54, 1.807) is 0 Å². The van der Waals surface area contributed by atoms with Crippen LogP contribution in [0.1, 0.15) is 30.5 Å². The fraction of sp³-hybridized carbons (Fsp3) is 0.650. The number of aliphatic imine (C=N–C) groups is 1. The third kappa shape index (κ3) is 6.94. The largest absolute Gasteiger partial charge is 0.382 e. The van der Waals surface area contributed by atoms with E-state index in [9.17, 15) is 0 Å². The van der Waals surface area contributed by atoms with Crippen LogP contribution in [-0.2, 0) is 9.47 Å². The highest BCUT2D eigenvalue weighted by Crippen LogP contribution is 2.22. The highest BCUT2D eigenvalue weighted by molar-refractivity contribution is 5.79. The van der Waals surface area contributed by atoms with Gasteiger partial charge in [-0.05, 0) is 25.8 Å². The Bertz CT molecular complexity index is 544. The second-order valence-electron chi connectivity index (χ2n) is 6.51. The van der Waals surface area contributed by atoms with Crippen molar-refractivity contribution in [3.8, 4) is 0 Å². The molecule has 6 heteroatoms. The van der Waals surface area contributed by atoms with Gasteiger partial charge in [0.1, 0.15) is 0 Å². The van der Waals surface area contributed by atoms with Crippen LogP contribution in [0.2, 0.25) is 0 Å². The van der Waals surface area contributed by atoms with Crippen molar-refractivity contribution in [2.24, 2.45) is 4.99 Å². The number of hydrogen-bond donors (Lipinski definition) is 2. The van der Waals surface area contributed by atoms with Crippen molar-refractivity contribution in [3.63, 3.8) is 0 Å². The lowest BCUT2D eigenvalue weighted by atomic mass is 10.0. The lowest BCUT2D eigenvalue weighted by Crippen LogP contribution is -2.46. The summed E-state index contributed by atoms with van der Waals surface area (Å²) in [5, 5.41) is 6.86. The third-order valence-corrected chi connectivity index (χ3v) is 4.56. The van der Waals surface area contributed by atoms with Gasteiger partial charge in [0, 0.05) is 46.4 Å². The zero-order valence-electron chi connectivity index (χ0n) is 16.5. The SMILES string of the molecule is CCOCCCNC(=NC)NCC(c1cccc(C)c1)N1CCOCC1. The Balaban J connectivity index is 1.93. The maximum Gasteiger partial charge on any atom is 0.191 e. The molecule has 0 radical (unpaired) electrons. The molecule has 2 rings (SSSR count). The molecule has 1 fully saturated rings. The molecular formula is C20H34N4O2. The van der Waals surface area contributed by atoms with Crippen molar-refractivity contribution in [1.29, 1.82) is 0 Å². The summed E-state index contributed by atoms with van der Waals surface area (Å²) in [6, 6.07) is 9.08. The summed E-state index contributed by atoms with van der Waals surface area (Å²) in [6.07, 6.45) is 0.972. The molecule has 1 aromatic rings. The van der Waals surface area contributed by atoms with Gasteiger partial charge in [-0.2, -0.15) is 0 Å². The molecule has 1 atom stereocenters. The summed E-state index contributed by atoms with van der Waals surface area (Å²) in [7, 11) is 1.81. The molecule has 0 amide bonds. The first-order valence-corrected chi connectivity index (χ1v) is 9.65. The predicted octanol–water partition coefficient (Wildman–Crippen LogP) is 1.96. The molecule has 1 aromatic carbocycles. The maximum absolute atomic E-state index is 5.53. The fourth-order valence-electron chi connectivity index (χ4n) is 3.16. The number of hydrogen-bond acceptors (Lipinski definition) is 4. The van der Waals surface area contributed by atoms with Crippen LogP contribution in [0.3, 0.4) is 0 Å². The molecule has 1 heterocycles. The average molecular weight is 363 g/mol. The highest BCUT2D eigenvalue weighted by atomic mass is 16.5. The summed E-state index contributed by atoms with van der Waals surface area (Å²) in [5.41, 5.74) is 2.63. The minimum atomic E-state index is 0.306. The van der Waals surface area contributed by atoms with Crippen molar-refractivity contribution >= 4 is 5.96 Å². The Hall–Kier alpha value is -1.63. The highest BCUT2D eigenvalue weighted by Gasteiger charge is 2.23. The number of nitrogens with one attached hydrogen (secondary N) is 2. The molecule has 146 valence electrons. The lowest BCUT2D eigenvalue weighted by Gasteiger charge is -2.35. The zero-order valence-corrected chi connectivity index (χ0v) is 16.5. The molecule has 0 spiro atoms. The third-order valence-electron chi connectivity index (χ3n) is 4.56. The van der Waals surface area contributed by atoms with Gasteiger partial charge in [-0.1, -0.05) is 29.8 Å². The van der Waals surface area contributed by atoms with Crippen molar-refractivity contribution in [2.75, 3.05) is 59.7 Å². The number of morpholine rings is 1. The standard InChI is InChI=1S/C20H34N4O2/c1-4-25-12-6-9-22-20(21-3)23-16-19(24-10-13-26-14-11-24)18-8-5-7-17(2)15-18/h5,7-8,15,19H,4,6,9-14,16H2,1-3H3,(H2,21,22,23). The number of aryl methyl sites for hydroxylation is 1. The summed E-state index contributed by atoms with van der Waals surface area (Å²) >= 11 is 0. The second kappa shape index (κ2) is 11.9. The van der Waals surface area contributed by atoms with Gasteiger partial charge in [0.25, 0.3) is 0 Å². The molecule has 1 saturated heterocycles. The Morgan fingerprint density at radius 2 is 2.12 bits per heavy atom. The Kier molecular flexibility index (Phi) is 9.45. The van der Waals surface area contributed by atoms with E-state index in [1.807, 2.05) is 14.0 Å². The van der Waals surface area contributed by atoms with E-state index < -0.39 is 0 Å². The minimum absolute atomic E-state index is 0.306. The van der Waals surface area contributed by atoms with Gasteiger partial charge >= 0.3 is 0 Å². The van der Waals surface area contributed by atoms with Crippen LogP contribution in [0, 0.1) is 6.92 Å². The van der Waals surface area contributed by atoms with Crippen LogP contribution in [0.15, 0.2) is 29.3 Å². The van der Waals surface area contributed by atoms with Crippen LogP contribution in [-0.4, -0.2) is 70.5 Å². The number of benzene rings is 1. The summed E-state index contributed by atoms with van der Waals surface area (Å²) in [4.78, 5) is 6.84. The van der Waals surface area contributed by atoms with Crippen LogP contribution < -0.4 is 10.6 Å². The summed E-state index contributed by atoms with van der Waals surface area (Å²) in [6.45, 7) is 10.9. The Labute approximate surface area is 158 Å². The van der Waals surface area contributed by atoms with Crippen LogP contribution in [0.5, 0.6) is 0 Å². The molecule has 1 unspecified atom stereocenters. The van der Waals surface area contributed by atoms with Crippen molar-refractivity contribution in [2.45, 2.75) is 26.3 Å². The minimum Gasteiger partial charge on any atom is -0.382 e. The Morgan fingerprint density at radius 3 is 2.81 bits per heavy atom. The molecule has 0 aromatic heterocycles. The van der Waals surface area contributed by atoms with E-state index >= 15 is 0 Å². The molecule has 2 N–H and O–H groups in total. The summed E-state index contributed by atoms with van der Waals surface area (Å²) in [5.74, 6) is 0.840. The number of guanidine groups is 1. The fourth-order valence-corrected chi connectivity index (χ4v) is 3.16. The van der Waals surface area contributed by atoms with Gasteiger partial charge in [0.05, 0.1) is 19.3 Å². The van der Waals surface area contributed by atoms with Gasteiger partial charge < -0.3 is 20.1 Å². The molecule has 26 heavy (non-hydrogen) atoms. The van der Waals surface area contributed by atoms with Crippen molar-refractivity contribution in [1.82, 2.24) is 15.5 Å². The van der Waals surface area contributed by atoms with E-state index in [0.29, 0.717) is 6.04 Å². The molecule has 0 saturated carbocycles. The zero-order chi connectivity index (χ0) is 18.6. The maximum atomic E-state index is 5.53. The molecule has 0 bridgehead atoms. The first-order valence-electron chi connectivity index (χ1n) is 9.65. The van der Waals surface area contributed by atoms with Gasteiger partial charge in [0.15, 0.2) is 5.96 Å². The van der Waals surface area contributed by atoms with Gasteiger partial charge in [-0.15, -0.1) is 0 Å². The Morgan fingerprint density at radius 1 is 1.31 bits per heavy atom. The van der Waals surface area contributed by atoms with Crippen LogP contribution in [0.4, 0.5) is 0 Å². The monoisotopic (exact) mass is 362 g/mol. The normalized spacial score (nSPS) is 17.1. The van der Waals surface area contributed by atoms with Gasteiger partial charge in [-0.25, -0.2) is 0 Å². The van der Waals surface area contributed by atoms with Crippen molar-refractivity contribution < 1.29 is 9.47 Å². The van der Waals surface area contributed by atoms with E-state index in [1.165, 1.54) is 11.1 Å². The molecule has 0 aliphatic carbocycles. The molecule has 1 aliphatic rings. The number of nitrogens with zero attached hydrogens (tertiary/aromatic N) is 2. The van der Waals surface area contributed by atoms with Gasteiger partial charge in [0.2, 0.25) is 0 Å². The van der Waals surface area contributed by atoms with Crippen LogP contribution >= 0.6 is 0 Å². The molecule has 6 nitrogen and oxygen atoms in total. The topological polar surface area (TPSA) is 58.1 Å². The summed E-state index contributed by atoms with van der Waals surface area (Å²) < 4.78 is 10.9. The van der Waals surface area contributed by atoms with E-state index in [0.717, 1.165) is 65.0 Å². The van der Waals surface area contributed by atoms with Crippen molar-refractivity contribution in [3.05, 3.63) is 35.4 Å².